The number of ether oxygens (including phenoxy) is 2. The molecule has 0 aromatic heterocycles. The van der Waals surface area contributed by atoms with Crippen molar-refractivity contribution in [2.75, 3.05) is 28.6 Å². The van der Waals surface area contributed by atoms with Crippen molar-refractivity contribution in [2.24, 2.45) is 17.8 Å². The summed E-state index contributed by atoms with van der Waals surface area (Å²) in [6.45, 7) is 18.9. The Morgan fingerprint density at radius 1 is 0.705 bits per heavy atom. The molecule has 61 heavy (non-hydrogen) atoms. The molecule has 0 radical (unpaired) electrons. The van der Waals surface area contributed by atoms with E-state index < -0.39 is 38.1 Å². The van der Waals surface area contributed by atoms with Crippen molar-refractivity contribution in [3.8, 4) is 0 Å². The van der Waals surface area contributed by atoms with Crippen LogP contribution in [0.2, 0.25) is 0 Å². The molecule has 0 fully saturated rings. The van der Waals surface area contributed by atoms with Gasteiger partial charge in [0.05, 0.1) is 31.0 Å². The number of rotatable bonds is 23. The summed E-state index contributed by atoms with van der Waals surface area (Å²) in [4.78, 5) is 42.7. The highest BCUT2D eigenvalue weighted by Gasteiger charge is 2.35. The topological polar surface area (TPSA) is 142 Å². The molecule has 0 saturated carbocycles. The Labute approximate surface area is 362 Å². The van der Waals surface area contributed by atoms with Gasteiger partial charge in [-0.3, -0.25) is 18.4 Å². The highest BCUT2D eigenvalue weighted by atomic mass is 31.2. The number of esters is 2. The number of nitrogens with zero attached hydrogens (tertiary/aromatic N) is 1. The van der Waals surface area contributed by atoms with E-state index in [9.17, 15) is 18.9 Å². The maximum absolute atomic E-state index is 13.9. The van der Waals surface area contributed by atoms with E-state index >= 15 is 0 Å². The van der Waals surface area contributed by atoms with E-state index in [1.165, 1.54) is 6.92 Å². The van der Waals surface area contributed by atoms with Gasteiger partial charge in [-0.05, 0) is 79.0 Å². The maximum atomic E-state index is 13.9. The summed E-state index contributed by atoms with van der Waals surface area (Å²) in [7, 11) is -4.31. The molecule has 13 heteroatoms. The minimum absolute atomic E-state index is 0.0186. The summed E-state index contributed by atoms with van der Waals surface area (Å²) in [5.74, 6) is -1.46. The zero-order valence-electron chi connectivity index (χ0n) is 37.1. The highest BCUT2D eigenvalue weighted by Crippen LogP contribution is 2.52. The minimum atomic E-state index is -4.31. The largest absolute Gasteiger partial charge is 0.476 e. The molecule has 0 bridgehead atoms. The van der Waals surface area contributed by atoms with Crippen LogP contribution < -0.4 is 15.5 Å². The van der Waals surface area contributed by atoms with Gasteiger partial charge in [-0.25, -0.2) is 14.2 Å². The van der Waals surface area contributed by atoms with E-state index in [1.807, 2.05) is 92.7 Å². The predicted octanol–water partition coefficient (Wildman–Crippen LogP) is 11.7. The van der Waals surface area contributed by atoms with Crippen molar-refractivity contribution >= 4 is 42.9 Å². The first-order valence-electron chi connectivity index (χ1n) is 21.1. The van der Waals surface area contributed by atoms with Gasteiger partial charge in [-0.15, -0.1) is 0 Å². The van der Waals surface area contributed by atoms with Crippen LogP contribution in [-0.2, 0) is 50.4 Å². The van der Waals surface area contributed by atoms with Crippen molar-refractivity contribution < 1.29 is 42.0 Å². The Bertz CT molecular complexity index is 1970. The van der Waals surface area contributed by atoms with Gasteiger partial charge in [0.1, 0.15) is 0 Å². The molecular formula is C48H64N3O9P. The number of carbonyl (C=O) groups excluding carboxylic acids is 3. The molecule has 2 N–H and O–H groups in total. The Hall–Kier alpha value is -5.00. The number of anilines is 3. The van der Waals surface area contributed by atoms with Crippen molar-refractivity contribution in [1.29, 1.82) is 0 Å². The van der Waals surface area contributed by atoms with Gasteiger partial charge < -0.3 is 25.0 Å². The minimum Gasteiger partial charge on any atom is -0.425 e. The lowest BCUT2D eigenvalue weighted by atomic mass is 9.92. The van der Waals surface area contributed by atoms with E-state index in [0.717, 1.165) is 41.0 Å². The third-order valence-electron chi connectivity index (χ3n) is 9.57. The van der Waals surface area contributed by atoms with Crippen LogP contribution in [0.5, 0.6) is 0 Å². The SMILES string of the molecule is CC[C@@H](CC(=O)OC(OC(=O)C(C)OP(=O)(OCc1ccccc1)OCc1ccccc1)C(C)C)c1ccc(N(CC(C)C)CC(C)C)c(NC(=O)Nc2ccc(C)cc2)c1. The zero-order chi connectivity index (χ0) is 44.5. The monoisotopic (exact) mass is 857 g/mol. The van der Waals surface area contributed by atoms with Gasteiger partial charge in [0.25, 0.3) is 0 Å². The van der Waals surface area contributed by atoms with Crippen LogP contribution in [0.3, 0.4) is 0 Å². The lowest BCUT2D eigenvalue weighted by molar-refractivity contribution is -0.201. The van der Waals surface area contributed by atoms with Gasteiger partial charge in [0.15, 0.2) is 6.10 Å². The molecule has 330 valence electrons. The van der Waals surface area contributed by atoms with E-state index in [4.69, 9.17) is 23.0 Å². The molecule has 0 heterocycles. The number of phosphoric ester groups is 1. The molecule has 2 unspecified atom stereocenters. The Morgan fingerprint density at radius 3 is 1.77 bits per heavy atom. The van der Waals surface area contributed by atoms with E-state index in [0.29, 0.717) is 29.6 Å². The van der Waals surface area contributed by atoms with E-state index in [1.54, 1.807) is 38.1 Å². The number of amides is 2. The number of hydrogen-bond acceptors (Lipinski definition) is 10. The second-order valence-electron chi connectivity index (χ2n) is 16.5. The first-order valence-corrected chi connectivity index (χ1v) is 22.6. The average Bonchev–Trinajstić information content (AvgIpc) is 3.22. The summed E-state index contributed by atoms with van der Waals surface area (Å²) in [6.07, 6.45) is -2.10. The Morgan fingerprint density at radius 2 is 1.26 bits per heavy atom. The number of aryl methyl sites for hydroxylation is 1. The van der Waals surface area contributed by atoms with Gasteiger partial charge >= 0.3 is 25.8 Å². The van der Waals surface area contributed by atoms with Gasteiger partial charge in [0.2, 0.25) is 6.29 Å². The molecule has 0 saturated heterocycles. The van der Waals surface area contributed by atoms with Crippen LogP contribution in [0.1, 0.15) is 96.4 Å². The fraction of sp³-hybridized carbons (Fsp3) is 0.438. The normalized spacial score (nSPS) is 13.1. The van der Waals surface area contributed by atoms with Crippen molar-refractivity contribution in [1.82, 2.24) is 0 Å². The van der Waals surface area contributed by atoms with Crippen molar-refractivity contribution in [3.63, 3.8) is 0 Å². The molecule has 4 rings (SSSR count). The lowest BCUT2D eigenvalue weighted by Gasteiger charge is -2.31. The number of phosphoric acid groups is 1. The smallest absolute Gasteiger partial charge is 0.425 e. The molecule has 0 aliphatic rings. The van der Waals surface area contributed by atoms with Crippen LogP contribution in [0.4, 0.5) is 21.9 Å². The summed E-state index contributed by atoms with van der Waals surface area (Å²) in [6, 6.07) is 31.3. The van der Waals surface area contributed by atoms with Crippen molar-refractivity contribution in [2.45, 2.75) is 107 Å². The molecule has 12 nitrogen and oxygen atoms in total. The fourth-order valence-electron chi connectivity index (χ4n) is 6.43. The third-order valence-corrected chi connectivity index (χ3v) is 11.0. The van der Waals surface area contributed by atoms with E-state index in [2.05, 4.69) is 43.2 Å². The zero-order valence-corrected chi connectivity index (χ0v) is 38.0. The van der Waals surface area contributed by atoms with Crippen molar-refractivity contribution in [3.05, 3.63) is 125 Å². The van der Waals surface area contributed by atoms with Crippen LogP contribution >= 0.6 is 7.82 Å². The number of hydrogen-bond donors (Lipinski definition) is 2. The molecular weight excluding hydrogens is 794 g/mol. The quantitative estimate of drug-likeness (QED) is 0.0420. The molecule has 3 atom stereocenters. The van der Waals surface area contributed by atoms with Gasteiger partial charge in [-0.1, -0.05) is 133 Å². The lowest BCUT2D eigenvalue weighted by Crippen LogP contribution is -2.34. The fourth-order valence-corrected chi connectivity index (χ4v) is 7.72. The first-order chi connectivity index (χ1) is 29.0. The molecule has 0 aliphatic carbocycles. The van der Waals surface area contributed by atoms with Crippen LogP contribution in [-0.4, -0.2) is 43.5 Å². The molecule has 0 aliphatic heterocycles. The third kappa shape index (κ3) is 16.4. The number of nitrogens with one attached hydrogen (secondary N) is 2. The van der Waals surface area contributed by atoms with Crippen LogP contribution in [0.15, 0.2) is 103 Å². The Balaban J connectivity index is 1.47. The molecule has 2 amide bonds. The second-order valence-corrected chi connectivity index (χ2v) is 18.1. The van der Waals surface area contributed by atoms with Gasteiger partial charge in [0, 0.05) is 24.7 Å². The molecule has 4 aromatic rings. The summed E-state index contributed by atoms with van der Waals surface area (Å²) in [5, 5.41) is 6.02. The predicted molar refractivity (Wildman–Crippen MR) is 241 cm³/mol. The summed E-state index contributed by atoms with van der Waals surface area (Å²) < 4.78 is 42.4. The van der Waals surface area contributed by atoms with Crippen LogP contribution in [0.25, 0.3) is 0 Å². The average molecular weight is 858 g/mol. The standard InChI is InChI=1S/C48H64N3O9P/c1-10-40(41-23-26-44(51(29-33(2)3)30-34(4)5)43(27-41)50-48(54)49-42-24-21-36(8)22-25-42)28-45(52)58-47(35(6)7)59-46(53)37(9)60-61(55,56-31-38-17-13-11-14-18-38)57-32-39-19-15-12-16-20-39/h11-27,33-35,37,40,47H,10,28-32H2,1-9H3,(H2,49,50,54)/t37?,40-,47?/m0/s1. The summed E-state index contributed by atoms with van der Waals surface area (Å²) in [5.41, 5.74) is 5.55. The molecule has 0 spiro atoms. The van der Waals surface area contributed by atoms with Crippen LogP contribution in [0, 0.1) is 24.7 Å². The number of carbonyl (C=O) groups is 3. The summed E-state index contributed by atoms with van der Waals surface area (Å²) >= 11 is 0. The number of benzene rings is 4. The first kappa shape index (κ1) is 48.7. The molecule has 4 aromatic carbocycles. The van der Waals surface area contributed by atoms with E-state index in [-0.39, 0.29) is 31.6 Å². The second kappa shape index (κ2) is 23.9. The number of urea groups is 1. The maximum Gasteiger partial charge on any atom is 0.476 e. The highest BCUT2D eigenvalue weighted by molar-refractivity contribution is 7.48. The Kier molecular flexibility index (Phi) is 19.0. The van der Waals surface area contributed by atoms with Gasteiger partial charge in [-0.2, -0.15) is 0 Å².